The fourth-order valence-electron chi connectivity index (χ4n) is 0.136. The number of rotatable bonds is 3. The van der Waals surface area contributed by atoms with Crippen molar-refractivity contribution in [1.82, 2.24) is 0 Å². The van der Waals surface area contributed by atoms with Crippen molar-refractivity contribution in [3.8, 4) is 0 Å². The molecule has 0 saturated heterocycles. The van der Waals surface area contributed by atoms with Crippen LogP contribution in [0.2, 0.25) is 0 Å². The van der Waals surface area contributed by atoms with E-state index in [2.05, 4.69) is 4.74 Å². The molecule has 1 nitrogen and oxygen atoms in total. The third-order valence-electron chi connectivity index (χ3n) is 0.501. The first-order valence-corrected chi connectivity index (χ1v) is 4.03. The Balaban J connectivity index is 0. The van der Waals surface area contributed by atoms with Gasteiger partial charge < -0.3 is 4.74 Å². The molecule has 0 aromatic heterocycles. The van der Waals surface area contributed by atoms with Gasteiger partial charge in [0.1, 0.15) is 6.07 Å². The van der Waals surface area contributed by atoms with Gasteiger partial charge in [-0.2, -0.15) is 0 Å². The maximum atomic E-state index is 5.37. The molecule has 0 unspecified atom stereocenters. The molecule has 62 valence electrons. The Morgan fingerprint density at radius 1 is 1.30 bits per heavy atom. The Bertz CT molecular complexity index is 87.0. The summed E-state index contributed by atoms with van der Waals surface area (Å²) in [6.45, 7) is 0. The van der Waals surface area contributed by atoms with Crippen LogP contribution in [0.1, 0.15) is 0 Å². The van der Waals surface area contributed by atoms with Crippen LogP contribution in [-0.4, -0.2) is 39.3 Å². The molecule has 0 rings (SSSR count). The van der Waals surface area contributed by atoms with E-state index in [1.807, 2.05) is 0 Å². The van der Waals surface area contributed by atoms with E-state index in [9.17, 15) is 0 Å². The number of hydrogen-bond donors (Lipinski definition) is 0. The number of halogens is 5. The topological polar surface area (TPSA) is 9.23 Å². The average molecular weight is 353 g/mol. The second-order valence-electron chi connectivity index (χ2n) is 1.12. The molecule has 0 heterocycles. The summed E-state index contributed by atoms with van der Waals surface area (Å²) in [7, 11) is 0. The van der Waals surface area contributed by atoms with Crippen LogP contribution in [0.15, 0.2) is 0 Å². The predicted octanol–water partition coefficient (Wildman–Crippen LogP) is 2.22. The molecule has 0 amide bonds. The van der Waals surface area contributed by atoms with Crippen LogP contribution in [0, 0.1) is 0 Å². The Kier molecular flexibility index (Phi) is 9.85. The van der Waals surface area contributed by atoms with Gasteiger partial charge in [-0.1, -0.05) is 58.0 Å². The van der Waals surface area contributed by atoms with Gasteiger partial charge in [0.25, 0.3) is 0 Å². The molecule has 0 fully saturated rings. The summed E-state index contributed by atoms with van der Waals surface area (Å²) < 4.78 is 2.92. The van der Waals surface area contributed by atoms with E-state index in [0.29, 0.717) is 0 Å². The zero-order valence-electron chi connectivity index (χ0n) is 4.79. The fourth-order valence-corrected chi connectivity index (χ4v) is 0.655. The van der Waals surface area contributed by atoms with E-state index < -0.39 is 9.36 Å². The first-order valence-electron chi connectivity index (χ1n) is 1.86. The predicted molar refractivity (Wildman–Crippen MR) is 50.3 cm³/mol. The van der Waals surface area contributed by atoms with Crippen LogP contribution in [0.4, 0.5) is 0 Å². The minimum absolute atomic E-state index is 0. The van der Waals surface area contributed by atoms with Crippen molar-refractivity contribution in [2.24, 2.45) is 0 Å². The Labute approximate surface area is 101 Å². The number of alkyl halides is 5. The van der Waals surface area contributed by atoms with Gasteiger partial charge in [0.05, 0.1) is 0 Å². The maximum absolute atomic E-state index is 5.37. The zero-order valence-corrected chi connectivity index (χ0v) is 12.6. The van der Waals surface area contributed by atoms with E-state index in [1.165, 1.54) is 0 Å². The second kappa shape index (κ2) is 6.70. The van der Waals surface area contributed by atoms with E-state index in [4.69, 9.17) is 58.0 Å². The molecular weight excluding hydrogens is 348 g/mol. The Hall–Kier alpha value is 2.21. The molecule has 0 aliphatic rings. The summed E-state index contributed by atoms with van der Waals surface area (Å²) >= 11 is 26.4. The average Bonchev–Trinajstić information content (AvgIpc) is 1.65. The third kappa shape index (κ3) is 5.81. The Morgan fingerprint density at radius 3 is 1.80 bits per heavy atom. The molecule has 0 aliphatic heterocycles. The fraction of sp³-hybridized carbons (Fsp3) is 1.00. The van der Waals surface area contributed by atoms with Gasteiger partial charge in [-0.3, -0.25) is 0 Å². The van der Waals surface area contributed by atoms with Crippen LogP contribution in [0.25, 0.3) is 0 Å². The van der Waals surface area contributed by atoms with Crippen LogP contribution in [0.3, 0.4) is 0 Å². The summed E-state index contributed by atoms with van der Waals surface area (Å²) in [6, 6.07) is -0.150. The molecule has 0 spiro atoms. The van der Waals surface area contributed by atoms with Gasteiger partial charge in [-0.05, 0) is 0 Å². The molecular formula is C3H5Cl5OSn. The molecule has 0 bridgehead atoms. The van der Waals surface area contributed by atoms with Gasteiger partial charge in [0, 0.05) is 0 Å². The molecule has 0 saturated carbocycles. The molecule has 0 atom stereocenters. The molecule has 0 aliphatic carbocycles. The van der Waals surface area contributed by atoms with Gasteiger partial charge in [-0.25, -0.2) is 0 Å². The Morgan fingerprint density at radius 2 is 1.70 bits per heavy atom. The van der Waals surface area contributed by atoms with Crippen molar-refractivity contribution in [3.63, 3.8) is 0 Å². The van der Waals surface area contributed by atoms with Gasteiger partial charge in [-0.15, -0.1) is 0 Å². The van der Waals surface area contributed by atoms with Gasteiger partial charge in [0.2, 0.25) is 4.52 Å². The number of hydrogen-bond acceptors (Lipinski definition) is 1. The molecule has 0 N–H and O–H groups in total. The molecule has 0 aromatic rings. The van der Waals surface area contributed by atoms with Crippen molar-refractivity contribution in [3.05, 3.63) is 0 Å². The standard InChI is InChI=1S/C3H3Cl5O.Sn.2H/c4-1-9-3(7,8)2(5)6;;;/h2H,1H2;;;. The van der Waals surface area contributed by atoms with E-state index in [0.717, 1.165) is 0 Å². The summed E-state index contributed by atoms with van der Waals surface area (Å²) in [4.78, 5) is -1.01. The van der Waals surface area contributed by atoms with Crippen molar-refractivity contribution in [2.75, 3.05) is 6.07 Å². The quantitative estimate of drug-likeness (QED) is 0.559. The second-order valence-corrected chi connectivity index (χ2v) is 3.75. The molecule has 0 aromatic carbocycles. The number of ether oxygens (including phenoxy) is 1. The normalized spacial score (nSPS) is 11.4. The first-order chi connectivity index (χ1) is 4.00. The van der Waals surface area contributed by atoms with Gasteiger partial charge >= 0.3 is 23.9 Å². The molecule has 7 heteroatoms. The molecule has 2 radical (unpaired) electrons. The first kappa shape index (κ1) is 14.7. The zero-order chi connectivity index (χ0) is 7.49. The summed E-state index contributed by atoms with van der Waals surface area (Å²) in [6.07, 6.45) is 0. The van der Waals surface area contributed by atoms with Crippen molar-refractivity contribution in [1.29, 1.82) is 0 Å². The monoisotopic (exact) mass is 352 g/mol. The van der Waals surface area contributed by atoms with Crippen molar-refractivity contribution >= 4 is 81.9 Å². The van der Waals surface area contributed by atoms with Crippen LogP contribution < -0.4 is 0 Å². The summed E-state index contributed by atoms with van der Waals surface area (Å²) in [5.41, 5.74) is 0. The van der Waals surface area contributed by atoms with Crippen molar-refractivity contribution in [2.45, 2.75) is 9.36 Å². The minimum atomic E-state index is -1.61. The van der Waals surface area contributed by atoms with E-state index in [-0.39, 0.29) is 30.0 Å². The van der Waals surface area contributed by atoms with Crippen LogP contribution in [-0.2, 0) is 4.74 Å². The van der Waals surface area contributed by atoms with Crippen molar-refractivity contribution < 1.29 is 4.74 Å². The summed E-state index contributed by atoms with van der Waals surface area (Å²) in [5.74, 6) is 0. The third-order valence-corrected chi connectivity index (χ3v) is 2.33. The molecule has 10 heavy (non-hydrogen) atoms. The SMILES string of the molecule is ClCOC(Cl)(Cl)C(Cl)Cl.[SnH2]. The van der Waals surface area contributed by atoms with Crippen LogP contribution >= 0.6 is 58.0 Å². The van der Waals surface area contributed by atoms with Gasteiger partial charge in [0.15, 0.2) is 4.84 Å². The van der Waals surface area contributed by atoms with E-state index in [1.54, 1.807) is 0 Å². The van der Waals surface area contributed by atoms with Crippen LogP contribution in [0.5, 0.6) is 0 Å². The summed E-state index contributed by atoms with van der Waals surface area (Å²) in [5, 5.41) is 0. The van der Waals surface area contributed by atoms with E-state index >= 15 is 0 Å².